The van der Waals surface area contributed by atoms with Gasteiger partial charge in [0.15, 0.2) is 12.6 Å². The van der Waals surface area contributed by atoms with Gasteiger partial charge in [0.25, 0.3) is 0 Å². The van der Waals surface area contributed by atoms with E-state index in [1.54, 1.807) is 0 Å². The minimum atomic E-state index is -1.30. The van der Waals surface area contributed by atoms with E-state index in [4.69, 9.17) is 42.6 Å². The smallest absolute Gasteiger partial charge is 0.186 e. The maximum atomic E-state index is 12.0. The first kappa shape index (κ1) is 42.8. The molecule has 0 unspecified atom stereocenters. The molecule has 59 heavy (non-hydrogen) atoms. The zero-order chi connectivity index (χ0) is 40.7. The minimum absolute atomic E-state index is 0.121. The Morgan fingerprint density at radius 3 is 1.20 bits per heavy atom. The molecule has 11 nitrogen and oxygen atoms in total. The van der Waals surface area contributed by atoms with Gasteiger partial charge in [0.2, 0.25) is 0 Å². The third kappa shape index (κ3) is 12.1. The number of ether oxygens (including phenoxy) is 9. The molecule has 0 spiro atoms. The number of aliphatic hydroxyl groups is 2. The molecule has 2 saturated heterocycles. The van der Waals surface area contributed by atoms with Crippen molar-refractivity contribution in [3.63, 3.8) is 0 Å². The molecule has 10 atom stereocenters. The lowest BCUT2D eigenvalue weighted by Gasteiger charge is -2.46. The van der Waals surface area contributed by atoms with Gasteiger partial charge in [-0.25, -0.2) is 0 Å². The van der Waals surface area contributed by atoms with Crippen molar-refractivity contribution in [3.8, 4) is 0 Å². The summed E-state index contributed by atoms with van der Waals surface area (Å²) >= 11 is 0. The molecule has 5 aromatic rings. The van der Waals surface area contributed by atoms with Crippen LogP contribution in [0, 0.1) is 0 Å². The summed E-state index contributed by atoms with van der Waals surface area (Å²) in [6.45, 7) is 1.22. The third-order valence-electron chi connectivity index (χ3n) is 10.4. The van der Waals surface area contributed by atoms with Gasteiger partial charge >= 0.3 is 0 Å². The molecular formula is C48H54O11. The van der Waals surface area contributed by atoms with Crippen molar-refractivity contribution >= 4 is 0 Å². The normalized spacial score (nSPS) is 27.0. The molecule has 2 aliphatic heterocycles. The van der Waals surface area contributed by atoms with Crippen molar-refractivity contribution in [3.05, 3.63) is 179 Å². The summed E-state index contributed by atoms with van der Waals surface area (Å²) in [5.41, 5.74) is 4.76. The van der Waals surface area contributed by atoms with Crippen LogP contribution in [-0.2, 0) is 75.7 Å². The standard InChI is InChI=1S/C48H54O11/c1-51-48-46(56-31-38-25-15-6-16-26-38)44(54-29-36-21-11-4-12-22-36)41(49)39(58-48)33-57-47-42(50)45(55-30-37-23-13-5-14-24-37)43(53-28-35-19-9-3-10-20-35)40(59-47)32-52-27-34-17-7-2-8-18-34/h2-26,39-50H,27-33H2,1H3/t39-,40-,41-,42+,43-,44+,45-,46-,47-,48+/m1/s1. The zero-order valence-corrected chi connectivity index (χ0v) is 33.2. The van der Waals surface area contributed by atoms with Gasteiger partial charge in [-0.05, 0) is 27.8 Å². The summed E-state index contributed by atoms with van der Waals surface area (Å²) in [5, 5.41) is 23.9. The number of aliphatic hydroxyl groups excluding tert-OH is 2. The lowest BCUT2D eigenvalue weighted by molar-refractivity contribution is -0.343. The quantitative estimate of drug-likeness (QED) is 0.0912. The van der Waals surface area contributed by atoms with E-state index in [9.17, 15) is 10.2 Å². The van der Waals surface area contributed by atoms with Crippen molar-refractivity contribution in [1.29, 1.82) is 0 Å². The molecule has 2 N–H and O–H groups in total. The van der Waals surface area contributed by atoms with Crippen molar-refractivity contribution in [2.45, 2.75) is 94.4 Å². The van der Waals surface area contributed by atoms with Crippen molar-refractivity contribution in [2.24, 2.45) is 0 Å². The largest absolute Gasteiger partial charge is 0.387 e. The second-order valence-electron chi connectivity index (χ2n) is 14.7. The van der Waals surface area contributed by atoms with Crippen molar-refractivity contribution in [1.82, 2.24) is 0 Å². The van der Waals surface area contributed by atoms with E-state index in [0.717, 1.165) is 27.8 Å². The Bertz CT molecular complexity index is 1890. The fourth-order valence-corrected chi connectivity index (χ4v) is 7.27. The van der Waals surface area contributed by atoms with Gasteiger partial charge < -0.3 is 52.8 Å². The first-order valence-electron chi connectivity index (χ1n) is 20.1. The van der Waals surface area contributed by atoms with Gasteiger partial charge in [-0.2, -0.15) is 0 Å². The van der Waals surface area contributed by atoms with Gasteiger partial charge in [0.1, 0.15) is 48.8 Å². The number of hydrogen-bond acceptors (Lipinski definition) is 11. The van der Waals surface area contributed by atoms with Crippen LogP contribution in [0.4, 0.5) is 0 Å². The molecule has 2 fully saturated rings. The monoisotopic (exact) mass is 806 g/mol. The summed E-state index contributed by atoms with van der Waals surface area (Å²) in [6.07, 6.45) is -9.54. The predicted molar refractivity (Wildman–Crippen MR) is 218 cm³/mol. The summed E-state index contributed by atoms with van der Waals surface area (Å²) in [5.74, 6) is 0. The molecule has 2 heterocycles. The molecular weight excluding hydrogens is 753 g/mol. The molecule has 0 amide bonds. The zero-order valence-electron chi connectivity index (χ0n) is 33.2. The van der Waals surface area contributed by atoms with E-state index in [2.05, 4.69) is 0 Å². The lowest BCUT2D eigenvalue weighted by atomic mass is 9.97. The number of hydrogen-bond donors (Lipinski definition) is 2. The fraction of sp³-hybridized carbons (Fsp3) is 0.375. The maximum absolute atomic E-state index is 12.0. The predicted octanol–water partition coefficient (Wildman–Crippen LogP) is 6.38. The van der Waals surface area contributed by atoms with Crippen LogP contribution in [0.2, 0.25) is 0 Å². The highest BCUT2D eigenvalue weighted by Crippen LogP contribution is 2.32. The van der Waals surface area contributed by atoms with Crippen LogP contribution in [0.5, 0.6) is 0 Å². The van der Waals surface area contributed by atoms with Gasteiger partial charge in [0, 0.05) is 7.11 Å². The Morgan fingerprint density at radius 1 is 0.390 bits per heavy atom. The Kier molecular flexibility index (Phi) is 16.2. The van der Waals surface area contributed by atoms with Crippen LogP contribution in [0.1, 0.15) is 27.8 Å². The van der Waals surface area contributed by atoms with Gasteiger partial charge in [0.05, 0.1) is 46.2 Å². The van der Waals surface area contributed by atoms with Crippen LogP contribution < -0.4 is 0 Å². The van der Waals surface area contributed by atoms with E-state index in [0.29, 0.717) is 6.61 Å². The van der Waals surface area contributed by atoms with Crippen LogP contribution in [-0.4, -0.2) is 91.9 Å². The number of rotatable bonds is 20. The molecule has 0 radical (unpaired) electrons. The highest BCUT2D eigenvalue weighted by atomic mass is 16.7. The Morgan fingerprint density at radius 2 is 0.763 bits per heavy atom. The Hall–Kier alpha value is -4.34. The highest BCUT2D eigenvalue weighted by molar-refractivity contribution is 5.17. The fourth-order valence-electron chi connectivity index (χ4n) is 7.27. The maximum Gasteiger partial charge on any atom is 0.186 e. The Labute approximate surface area is 346 Å². The summed E-state index contributed by atoms with van der Waals surface area (Å²) in [7, 11) is 1.52. The molecule has 0 aliphatic carbocycles. The van der Waals surface area contributed by atoms with E-state index in [1.807, 2.05) is 152 Å². The van der Waals surface area contributed by atoms with Gasteiger partial charge in [-0.1, -0.05) is 152 Å². The van der Waals surface area contributed by atoms with Gasteiger partial charge in [-0.3, -0.25) is 0 Å². The first-order chi connectivity index (χ1) is 29.1. The average molecular weight is 807 g/mol. The van der Waals surface area contributed by atoms with Crippen molar-refractivity contribution < 1.29 is 52.8 Å². The molecule has 312 valence electrons. The molecule has 2 aliphatic rings. The molecule has 0 saturated carbocycles. The second-order valence-corrected chi connectivity index (χ2v) is 14.7. The first-order valence-corrected chi connectivity index (χ1v) is 20.1. The molecule has 7 rings (SSSR count). The average Bonchev–Trinajstić information content (AvgIpc) is 3.29. The van der Waals surface area contributed by atoms with E-state index >= 15 is 0 Å². The van der Waals surface area contributed by atoms with Crippen molar-refractivity contribution in [2.75, 3.05) is 20.3 Å². The van der Waals surface area contributed by atoms with E-state index in [-0.39, 0.29) is 39.6 Å². The van der Waals surface area contributed by atoms with Crippen LogP contribution >= 0.6 is 0 Å². The summed E-state index contributed by atoms with van der Waals surface area (Å²) < 4.78 is 57.0. The molecule has 0 bridgehead atoms. The molecule has 11 heteroatoms. The van der Waals surface area contributed by atoms with Crippen LogP contribution in [0.25, 0.3) is 0 Å². The highest BCUT2D eigenvalue weighted by Gasteiger charge is 2.50. The number of methoxy groups -OCH3 is 1. The second kappa shape index (κ2) is 22.3. The number of benzene rings is 5. The molecule has 5 aromatic carbocycles. The van der Waals surface area contributed by atoms with E-state index < -0.39 is 61.4 Å². The van der Waals surface area contributed by atoms with E-state index in [1.165, 1.54) is 7.11 Å². The molecule has 0 aromatic heterocycles. The Balaban J connectivity index is 1.09. The van der Waals surface area contributed by atoms with Crippen LogP contribution in [0.15, 0.2) is 152 Å². The topological polar surface area (TPSA) is 124 Å². The van der Waals surface area contributed by atoms with Gasteiger partial charge in [-0.15, -0.1) is 0 Å². The summed E-state index contributed by atoms with van der Waals surface area (Å²) in [6, 6.07) is 48.8. The summed E-state index contributed by atoms with van der Waals surface area (Å²) in [4.78, 5) is 0. The SMILES string of the molecule is CO[C@H]1O[C@H](CO[C@@H]2O[C@H](COCc3ccccc3)[C@@H](OCc3ccccc3)[C@H](OCc3ccccc3)[C@@H]2O)[C@@H](O)[C@H](OCc2ccccc2)[C@H]1OCc1ccccc1. The lowest BCUT2D eigenvalue weighted by Crippen LogP contribution is -2.63. The minimum Gasteiger partial charge on any atom is -0.387 e. The third-order valence-corrected chi connectivity index (χ3v) is 10.4. The van der Waals surface area contributed by atoms with Crippen LogP contribution in [0.3, 0.4) is 0 Å².